The maximum Gasteiger partial charge on any atom is 0.261 e. The first kappa shape index (κ1) is 20.0. The van der Waals surface area contributed by atoms with E-state index in [0.717, 1.165) is 37.2 Å². The number of pyridine rings is 1. The van der Waals surface area contributed by atoms with Crippen LogP contribution in [0.25, 0.3) is 0 Å². The van der Waals surface area contributed by atoms with Gasteiger partial charge in [0.25, 0.3) is 5.91 Å². The lowest BCUT2D eigenvalue weighted by molar-refractivity contribution is 0.102. The van der Waals surface area contributed by atoms with Crippen LogP contribution in [0.4, 0.5) is 5.69 Å². The molecule has 26 heavy (non-hydrogen) atoms. The molecule has 0 aliphatic rings. The van der Waals surface area contributed by atoms with Crippen LogP contribution in [0.1, 0.15) is 67.7 Å². The Morgan fingerprint density at radius 2 is 1.77 bits per heavy atom. The summed E-state index contributed by atoms with van der Waals surface area (Å²) in [6.45, 7) is 7.08. The number of hydrogen-bond donors (Lipinski definition) is 1. The summed E-state index contributed by atoms with van der Waals surface area (Å²) in [5, 5.41) is 2.87. The first-order valence-electron chi connectivity index (χ1n) is 9.68. The molecule has 0 aliphatic carbocycles. The van der Waals surface area contributed by atoms with Crippen LogP contribution >= 0.6 is 0 Å². The van der Waals surface area contributed by atoms with Crippen LogP contribution < -0.4 is 10.7 Å². The molecule has 0 unspecified atom stereocenters. The van der Waals surface area contributed by atoms with E-state index < -0.39 is 0 Å². The molecule has 1 heterocycles. The molecule has 0 radical (unpaired) electrons. The molecule has 4 heteroatoms. The SMILES string of the molecule is CCCCCCn1c(C)cc(=O)c(C(=O)Nc2ccccc2)c1CCC. The number of nitrogens with one attached hydrogen (secondary N) is 1. The molecule has 0 spiro atoms. The predicted octanol–water partition coefficient (Wildman–Crippen LogP) is 4.94. The Kier molecular flexibility index (Phi) is 7.64. The zero-order valence-electron chi connectivity index (χ0n) is 16.2. The first-order valence-corrected chi connectivity index (χ1v) is 9.68. The lowest BCUT2D eigenvalue weighted by Gasteiger charge is -2.20. The second kappa shape index (κ2) is 9.95. The number of nitrogens with zero attached hydrogens (tertiary/aromatic N) is 1. The van der Waals surface area contributed by atoms with Crippen molar-refractivity contribution in [3.05, 3.63) is 63.6 Å². The molecule has 1 aromatic heterocycles. The Morgan fingerprint density at radius 1 is 1.04 bits per heavy atom. The number of aryl methyl sites for hydroxylation is 1. The summed E-state index contributed by atoms with van der Waals surface area (Å²) >= 11 is 0. The van der Waals surface area contributed by atoms with E-state index in [0.29, 0.717) is 5.69 Å². The minimum absolute atomic E-state index is 0.191. The predicted molar refractivity (Wildman–Crippen MR) is 108 cm³/mol. The molecule has 140 valence electrons. The van der Waals surface area contributed by atoms with Gasteiger partial charge in [-0.15, -0.1) is 0 Å². The zero-order valence-corrected chi connectivity index (χ0v) is 16.2. The minimum Gasteiger partial charge on any atom is -0.348 e. The van der Waals surface area contributed by atoms with Gasteiger partial charge >= 0.3 is 0 Å². The third-order valence-corrected chi connectivity index (χ3v) is 4.61. The number of benzene rings is 1. The van der Waals surface area contributed by atoms with E-state index in [1.54, 1.807) is 6.07 Å². The maximum absolute atomic E-state index is 12.8. The molecule has 2 aromatic rings. The quantitative estimate of drug-likeness (QED) is 0.648. The molecule has 0 atom stereocenters. The summed E-state index contributed by atoms with van der Waals surface area (Å²) in [6, 6.07) is 10.9. The summed E-state index contributed by atoms with van der Waals surface area (Å²) in [5.74, 6) is -0.313. The molecule has 0 fully saturated rings. The van der Waals surface area contributed by atoms with Gasteiger partial charge in [-0.3, -0.25) is 9.59 Å². The Hall–Kier alpha value is -2.36. The first-order chi connectivity index (χ1) is 12.6. The number of unbranched alkanes of at least 4 members (excludes halogenated alkanes) is 3. The van der Waals surface area contributed by atoms with E-state index in [1.807, 2.05) is 37.3 Å². The fourth-order valence-corrected chi connectivity index (χ4v) is 3.29. The van der Waals surface area contributed by atoms with Crippen molar-refractivity contribution in [2.75, 3.05) is 5.32 Å². The molecular weight excluding hydrogens is 324 g/mol. The zero-order chi connectivity index (χ0) is 18.9. The third-order valence-electron chi connectivity index (χ3n) is 4.61. The number of anilines is 1. The smallest absolute Gasteiger partial charge is 0.261 e. The fraction of sp³-hybridized carbons (Fsp3) is 0.455. The van der Waals surface area contributed by atoms with Gasteiger partial charge in [-0.25, -0.2) is 0 Å². The Labute approximate surface area is 156 Å². The number of aromatic nitrogens is 1. The van der Waals surface area contributed by atoms with Gasteiger partial charge in [0.1, 0.15) is 5.56 Å². The van der Waals surface area contributed by atoms with Gasteiger partial charge in [-0.1, -0.05) is 57.7 Å². The third kappa shape index (κ3) is 5.07. The molecule has 4 nitrogen and oxygen atoms in total. The monoisotopic (exact) mass is 354 g/mol. The van der Waals surface area contributed by atoms with E-state index in [2.05, 4.69) is 23.7 Å². The highest BCUT2D eigenvalue weighted by Gasteiger charge is 2.19. The second-order valence-corrected chi connectivity index (χ2v) is 6.75. The highest BCUT2D eigenvalue weighted by atomic mass is 16.2. The van der Waals surface area contributed by atoms with E-state index in [9.17, 15) is 9.59 Å². The van der Waals surface area contributed by atoms with Gasteiger partial charge in [-0.2, -0.15) is 0 Å². The Balaban J connectivity index is 2.36. The molecule has 0 bridgehead atoms. The van der Waals surface area contributed by atoms with Crippen LogP contribution in [0.3, 0.4) is 0 Å². The molecule has 1 amide bonds. The fourth-order valence-electron chi connectivity index (χ4n) is 3.29. The average molecular weight is 354 g/mol. The largest absolute Gasteiger partial charge is 0.348 e. The van der Waals surface area contributed by atoms with Crippen LogP contribution in [0.2, 0.25) is 0 Å². The van der Waals surface area contributed by atoms with Gasteiger partial charge < -0.3 is 9.88 Å². The summed E-state index contributed by atoms with van der Waals surface area (Å²) in [4.78, 5) is 25.5. The van der Waals surface area contributed by atoms with Gasteiger partial charge in [0, 0.05) is 29.7 Å². The highest BCUT2D eigenvalue weighted by molar-refractivity contribution is 6.05. The van der Waals surface area contributed by atoms with Crippen molar-refractivity contribution in [3.63, 3.8) is 0 Å². The molecule has 0 aliphatic heterocycles. The van der Waals surface area contributed by atoms with E-state index in [4.69, 9.17) is 0 Å². The molecular formula is C22H30N2O2. The van der Waals surface area contributed by atoms with Crippen molar-refractivity contribution in [2.24, 2.45) is 0 Å². The van der Waals surface area contributed by atoms with Crippen molar-refractivity contribution in [2.45, 2.75) is 65.8 Å². The Morgan fingerprint density at radius 3 is 2.42 bits per heavy atom. The number of rotatable bonds is 9. The summed E-state index contributed by atoms with van der Waals surface area (Å²) in [5.41, 5.74) is 2.60. The minimum atomic E-state index is -0.313. The number of amides is 1. The number of carbonyl (C=O) groups is 1. The summed E-state index contributed by atoms with van der Waals surface area (Å²) in [7, 11) is 0. The topological polar surface area (TPSA) is 51.1 Å². The van der Waals surface area contributed by atoms with Crippen molar-refractivity contribution < 1.29 is 4.79 Å². The molecule has 0 saturated carbocycles. The number of carbonyl (C=O) groups excluding carboxylic acids is 1. The highest BCUT2D eigenvalue weighted by Crippen LogP contribution is 2.16. The second-order valence-electron chi connectivity index (χ2n) is 6.75. The maximum atomic E-state index is 12.8. The number of hydrogen-bond acceptors (Lipinski definition) is 2. The van der Waals surface area contributed by atoms with Crippen LogP contribution in [-0.4, -0.2) is 10.5 Å². The molecule has 1 N–H and O–H groups in total. The standard InChI is InChI=1S/C22H30N2O2/c1-4-6-7-11-15-24-17(3)16-20(25)21(19(24)12-5-2)22(26)23-18-13-9-8-10-14-18/h8-10,13-14,16H,4-7,11-12,15H2,1-3H3,(H,23,26). The van der Waals surface area contributed by atoms with Gasteiger partial charge in [0.15, 0.2) is 5.43 Å². The normalized spacial score (nSPS) is 10.7. The van der Waals surface area contributed by atoms with Crippen molar-refractivity contribution in [1.29, 1.82) is 0 Å². The molecule has 1 aromatic carbocycles. The lowest BCUT2D eigenvalue weighted by atomic mass is 10.1. The van der Waals surface area contributed by atoms with E-state index >= 15 is 0 Å². The van der Waals surface area contributed by atoms with E-state index in [-0.39, 0.29) is 16.9 Å². The van der Waals surface area contributed by atoms with Gasteiger partial charge in [0.2, 0.25) is 0 Å². The van der Waals surface area contributed by atoms with Crippen LogP contribution in [-0.2, 0) is 13.0 Å². The average Bonchev–Trinajstić information content (AvgIpc) is 2.61. The van der Waals surface area contributed by atoms with Crippen LogP contribution in [0.15, 0.2) is 41.2 Å². The van der Waals surface area contributed by atoms with Gasteiger partial charge in [-0.05, 0) is 31.9 Å². The Bertz CT molecular complexity index is 779. The van der Waals surface area contributed by atoms with Crippen LogP contribution in [0.5, 0.6) is 0 Å². The van der Waals surface area contributed by atoms with Crippen molar-refractivity contribution >= 4 is 11.6 Å². The number of para-hydroxylation sites is 1. The summed E-state index contributed by atoms with van der Waals surface area (Å²) < 4.78 is 2.17. The van der Waals surface area contributed by atoms with Gasteiger partial charge in [0.05, 0.1) is 0 Å². The molecule has 2 rings (SSSR count). The molecule has 0 saturated heterocycles. The van der Waals surface area contributed by atoms with Crippen LogP contribution in [0, 0.1) is 6.92 Å². The summed E-state index contributed by atoms with van der Waals surface area (Å²) in [6.07, 6.45) is 6.25. The van der Waals surface area contributed by atoms with Crippen molar-refractivity contribution in [1.82, 2.24) is 4.57 Å². The van der Waals surface area contributed by atoms with E-state index in [1.165, 1.54) is 19.3 Å². The lowest BCUT2D eigenvalue weighted by Crippen LogP contribution is -2.28. The van der Waals surface area contributed by atoms with Crippen molar-refractivity contribution in [3.8, 4) is 0 Å².